The van der Waals surface area contributed by atoms with Gasteiger partial charge in [0.05, 0.1) is 17.9 Å². The molecule has 2 N–H and O–H groups in total. The van der Waals surface area contributed by atoms with E-state index in [-0.39, 0.29) is 23.8 Å². The van der Waals surface area contributed by atoms with Gasteiger partial charge in [-0.15, -0.1) is 0 Å². The number of halogens is 1. The van der Waals surface area contributed by atoms with Crippen LogP contribution in [0.5, 0.6) is 0 Å². The van der Waals surface area contributed by atoms with E-state index in [4.69, 9.17) is 4.74 Å². The number of hydrogen-bond acceptors (Lipinski definition) is 5. The van der Waals surface area contributed by atoms with Crippen LogP contribution >= 0.6 is 15.9 Å². The Bertz CT molecular complexity index is 1440. The van der Waals surface area contributed by atoms with Crippen LogP contribution in [0.25, 0.3) is 0 Å². The molecule has 2 bridgehead atoms. The molecular formula is C37H45BrN4O4. The van der Waals surface area contributed by atoms with Crippen LogP contribution in [0.3, 0.4) is 0 Å². The minimum absolute atomic E-state index is 0.116. The third kappa shape index (κ3) is 6.30. The zero-order valence-corrected chi connectivity index (χ0v) is 28.0. The van der Waals surface area contributed by atoms with Crippen molar-refractivity contribution in [2.75, 3.05) is 31.5 Å². The first-order chi connectivity index (χ1) is 22.4. The lowest BCUT2D eigenvalue weighted by molar-refractivity contribution is -0.141. The highest BCUT2D eigenvalue weighted by Crippen LogP contribution is 2.55. The lowest BCUT2D eigenvalue weighted by Gasteiger charge is -2.35. The van der Waals surface area contributed by atoms with Crippen LogP contribution < -0.4 is 10.6 Å². The lowest BCUT2D eigenvalue weighted by Crippen LogP contribution is -2.56. The maximum absolute atomic E-state index is 14.3. The summed E-state index contributed by atoms with van der Waals surface area (Å²) in [6.45, 7) is 3.45. The van der Waals surface area contributed by atoms with E-state index in [2.05, 4.69) is 61.8 Å². The molecule has 9 heteroatoms. The molecule has 8 nitrogen and oxygen atoms in total. The Hall–Kier alpha value is -3.01. The predicted molar refractivity (Wildman–Crippen MR) is 181 cm³/mol. The number of fused-ring (bicyclic) bond motifs is 1. The quantitative estimate of drug-likeness (QED) is 0.330. The Morgan fingerprint density at radius 2 is 1.65 bits per heavy atom. The number of likely N-dealkylation sites (tertiary alicyclic amines) is 2. The number of hydrogen-bond donors (Lipinski definition) is 2. The van der Waals surface area contributed by atoms with Crippen LogP contribution in [0.1, 0.15) is 56.9 Å². The number of ether oxygens (including phenoxy) is 1. The summed E-state index contributed by atoms with van der Waals surface area (Å²) in [5.41, 5.74) is 0.943. The molecule has 0 radical (unpaired) electrons. The summed E-state index contributed by atoms with van der Waals surface area (Å²) in [5.74, 6) is -1.26. The number of rotatable bonds is 10. The minimum atomic E-state index is -1.13. The SMILES string of the molecule is O=C(Nc1ccc(Br)cc1)[C@@H]1[C@H]2C=C[C@]3(O2)[C@H](C(=O)NC2CCCCC2)N(CCCN2CCC(Cc4ccccc4)CC2)C(=O)[C@@H]13. The Kier molecular flexibility index (Phi) is 9.35. The molecule has 5 aliphatic rings. The highest BCUT2D eigenvalue weighted by molar-refractivity contribution is 9.10. The summed E-state index contributed by atoms with van der Waals surface area (Å²) in [7, 11) is 0. The van der Waals surface area contributed by atoms with Gasteiger partial charge in [-0.25, -0.2) is 0 Å². The van der Waals surface area contributed by atoms with Crippen molar-refractivity contribution in [1.82, 2.24) is 15.1 Å². The van der Waals surface area contributed by atoms with Crippen LogP contribution in [0.2, 0.25) is 0 Å². The summed E-state index contributed by atoms with van der Waals surface area (Å²) >= 11 is 3.44. The fraction of sp³-hybridized carbons (Fsp3) is 0.541. The van der Waals surface area contributed by atoms with Gasteiger partial charge in [0.15, 0.2) is 0 Å². The van der Waals surface area contributed by atoms with Gasteiger partial charge < -0.3 is 25.2 Å². The summed E-state index contributed by atoms with van der Waals surface area (Å²) in [6.07, 6.45) is 12.8. The Morgan fingerprint density at radius 1 is 0.913 bits per heavy atom. The number of anilines is 1. The van der Waals surface area contributed by atoms with Crippen LogP contribution in [-0.2, 0) is 25.5 Å². The first kappa shape index (κ1) is 31.6. The average Bonchev–Trinajstić information content (AvgIpc) is 3.71. The molecule has 4 heterocycles. The second-order valence-electron chi connectivity index (χ2n) is 13.9. The van der Waals surface area contributed by atoms with Gasteiger partial charge in [0, 0.05) is 22.7 Å². The van der Waals surface area contributed by atoms with E-state index in [0.29, 0.717) is 18.2 Å². The molecule has 5 atom stereocenters. The van der Waals surface area contributed by atoms with E-state index in [1.165, 1.54) is 24.8 Å². The number of carbonyl (C=O) groups excluding carboxylic acids is 3. The van der Waals surface area contributed by atoms with Gasteiger partial charge in [0.25, 0.3) is 0 Å². The molecule has 4 aliphatic heterocycles. The predicted octanol–water partition coefficient (Wildman–Crippen LogP) is 5.33. The minimum Gasteiger partial charge on any atom is -0.359 e. The number of nitrogens with zero attached hydrogens (tertiary/aromatic N) is 2. The molecule has 7 rings (SSSR count). The topological polar surface area (TPSA) is 91.0 Å². The van der Waals surface area contributed by atoms with E-state index in [0.717, 1.165) is 62.6 Å². The molecule has 2 aromatic rings. The highest BCUT2D eigenvalue weighted by Gasteiger charge is 2.72. The van der Waals surface area contributed by atoms with E-state index in [9.17, 15) is 14.4 Å². The highest BCUT2D eigenvalue weighted by atomic mass is 79.9. The maximum atomic E-state index is 14.3. The number of piperidine rings is 1. The zero-order chi connectivity index (χ0) is 31.7. The molecule has 1 spiro atoms. The largest absolute Gasteiger partial charge is 0.359 e. The smallest absolute Gasteiger partial charge is 0.246 e. The third-order valence-corrected chi connectivity index (χ3v) is 11.5. The van der Waals surface area contributed by atoms with E-state index >= 15 is 0 Å². The van der Waals surface area contributed by atoms with Crippen molar-refractivity contribution < 1.29 is 19.1 Å². The second kappa shape index (κ2) is 13.6. The Morgan fingerprint density at radius 3 is 2.39 bits per heavy atom. The fourth-order valence-corrected chi connectivity index (χ4v) is 8.88. The molecule has 244 valence electrons. The van der Waals surface area contributed by atoms with Crippen LogP contribution in [0.15, 0.2) is 71.2 Å². The molecule has 3 saturated heterocycles. The molecule has 0 unspecified atom stereocenters. The first-order valence-corrected chi connectivity index (χ1v) is 18.0. The van der Waals surface area contributed by atoms with Gasteiger partial charge >= 0.3 is 0 Å². The van der Waals surface area contributed by atoms with Crippen molar-refractivity contribution in [3.05, 3.63) is 76.8 Å². The molecular weight excluding hydrogens is 644 g/mol. The zero-order valence-electron chi connectivity index (χ0n) is 26.4. The second-order valence-corrected chi connectivity index (χ2v) is 14.8. The lowest BCUT2D eigenvalue weighted by atomic mass is 9.74. The van der Waals surface area contributed by atoms with Crippen molar-refractivity contribution in [2.45, 2.75) is 81.6 Å². The summed E-state index contributed by atoms with van der Waals surface area (Å²) in [5, 5.41) is 6.30. The van der Waals surface area contributed by atoms with Gasteiger partial charge in [-0.05, 0) is 93.9 Å². The van der Waals surface area contributed by atoms with Crippen LogP contribution in [0.4, 0.5) is 5.69 Å². The number of amides is 3. The molecule has 1 aliphatic carbocycles. The molecule has 3 amide bonds. The summed E-state index contributed by atoms with van der Waals surface area (Å²) in [6, 6.07) is 17.5. The standard InChI is InChI=1S/C37H45BrN4O4/c38-27-12-14-29(15-13-27)39-34(43)31-30-16-19-37(46-30)32(31)36(45)42(33(37)35(44)40-28-10-5-2-6-11-28)21-7-20-41-22-17-26(18-23-41)24-25-8-3-1-4-9-25/h1,3-4,8-9,12-16,19,26,28,30-33H,2,5-7,10-11,17-18,20-24H2,(H,39,43)(H,40,44)/t30-,31-,32-,33+,37-/m1/s1. The normalized spacial score (nSPS) is 29.7. The summed E-state index contributed by atoms with van der Waals surface area (Å²) in [4.78, 5) is 46.4. The molecule has 0 aromatic heterocycles. The third-order valence-electron chi connectivity index (χ3n) is 10.9. The van der Waals surface area contributed by atoms with Gasteiger partial charge in [0.1, 0.15) is 11.6 Å². The average molecular weight is 690 g/mol. The molecule has 1 saturated carbocycles. The molecule has 4 fully saturated rings. The van der Waals surface area contributed by atoms with Crippen LogP contribution in [0, 0.1) is 17.8 Å². The van der Waals surface area contributed by atoms with E-state index in [1.807, 2.05) is 36.4 Å². The van der Waals surface area contributed by atoms with E-state index < -0.39 is 29.6 Å². The monoisotopic (exact) mass is 688 g/mol. The number of benzene rings is 2. The van der Waals surface area contributed by atoms with Crippen molar-refractivity contribution in [1.29, 1.82) is 0 Å². The fourth-order valence-electron chi connectivity index (χ4n) is 8.62. The van der Waals surface area contributed by atoms with E-state index in [1.54, 1.807) is 4.90 Å². The molecule has 2 aromatic carbocycles. The van der Waals surface area contributed by atoms with Gasteiger partial charge in [0.2, 0.25) is 17.7 Å². The number of nitrogens with one attached hydrogen (secondary N) is 2. The van der Waals surface area contributed by atoms with Crippen molar-refractivity contribution in [3.63, 3.8) is 0 Å². The van der Waals surface area contributed by atoms with Crippen LogP contribution in [-0.4, -0.2) is 77.5 Å². The van der Waals surface area contributed by atoms with Gasteiger partial charge in [-0.2, -0.15) is 0 Å². The first-order valence-electron chi connectivity index (χ1n) is 17.2. The Balaban J connectivity index is 1.04. The maximum Gasteiger partial charge on any atom is 0.246 e. The van der Waals surface area contributed by atoms with Crippen molar-refractivity contribution in [2.24, 2.45) is 17.8 Å². The van der Waals surface area contributed by atoms with Gasteiger partial charge in [-0.1, -0.05) is 77.7 Å². The van der Waals surface area contributed by atoms with Gasteiger partial charge in [-0.3, -0.25) is 14.4 Å². The number of carbonyl (C=O) groups is 3. The summed E-state index contributed by atoms with van der Waals surface area (Å²) < 4.78 is 7.46. The van der Waals surface area contributed by atoms with Crippen molar-refractivity contribution >= 4 is 39.3 Å². The Labute approximate surface area is 280 Å². The molecule has 46 heavy (non-hydrogen) atoms. The van der Waals surface area contributed by atoms with Crippen molar-refractivity contribution in [3.8, 4) is 0 Å².